The standard InChI is InChI=1S/C14H18ClN3O3/c1-14(2)6-9(14)7-17-13(19)8-4-10(15)12(16-3)11(5-8)18(20)21/h4-5,9,16H,6-7H2,1-3H3,(H,17,19). The summed E-state index contributed by atoms with van der Waals surface area (Å²) in [4.78, 5) is 22.6. The maximum Gasteiger partial charge on any atom is 0.294 e. The van der Waals surface area contributed by atoms with E-state index in [1.165, 1.54) is 12.1 Å². The Kier molecular flexibility index (Phi) is 4.09. The van der Waals surface area contributed by atoms with Gasteiger partial charge in [-0.25, -0.2) is 0 Å². The van der Waals surface area contributed by atoms with Crippen molar-refractivity contribution in [2.45, 2.75) is 20.3 Å². The third-order valence-electron chi connectivity index (χ3n) is 4.00. The van der Waals surface area contributed by atoms with Gasteiger partial charge in [0, 0.05) is 25.2 Å². The molecule has 0 saturated heterocycles. The van der Waals surface area contributed by atoms with Gasteiger partial charge in [-0.1, -0.05) is 25.4 Å². The summed E-state index contributed by atoms with van der Waals surface area (Å²) in [5.41, 5.74) is 0.472. The van der Waals surface area contributed by atoms with Gasteiger partial charge in [0.2, 0.25) is 0 Å². The average molecular weight is 312 g/mol. The van der Waals surface area contributed by atoms with Gasteiger partial charge < -0.3 is 10.6 Å². The summed E-state index contributed by atoms with van der Waals surface area (Å²) < 4.78 is 0. The van der Waals surface area contributed by atoms with Gasteiger partial charge in [-0.15, -0.1) is 0 Å². The zero-order valence-corrected chi connectivity index (χ0v) is 13.0. The maximum absolute atomic E-state index is 12.1. The molecular weight excluding hydrogens is 294 g/mol. The molecule has 1 unspecified atom stereocenters. The minimum absolute atomic E-state index is 0.156. The fourth-order valence-corrected chi connectivity index (χ4v) is 2.67. The molecule has 6 nitrogen and oxygen atoms in total. The Morgan fingerprint density at radius 2 is 2.14 bits per heavy atom. The van der Waals surface area contributed by atoms with Crippen LogP contribution in [0.15, 0.2) is 12.1 Å². The van der Waals surface area contributed by atoms with Crippen LogP contribution in [0.4, 0.5) is 11.4 Å². The lowest BCUT2D eigenvalue weighted by molar-refractivity contribution is -0.383. The number of halogens is 1. The SMILES string of the molecule is CNc1c(Cl)cc(C(=O)NCC2CC2(C)C)cc1[N+](=O)[O-]. The number of nitrogens with zero attached hydrogens (tertiary/aromatic N) is 1. The molecule has 1 aromatic rings. The molecule has 1 aromatic carbocycles. The molecule has 1 fully saturated rings. The second kappa shape index (κ2) is 5.52. The number of nitro benzene ring substituents is 1. The molecule has 0 aliphatic heterocycles. The van der Waals surface area contributed by atoms with E-state index < -0.39 is 4.92 Å². The predicted octanol–water partition coefficient (Wildman–Crippen LogP) is 3.07. The van der Waals surface area contributed by atoms with Crippen molar-refractivity contribution in [3.8, 4) is 0 Å². The molecule has 114 valence electrons. The third-order valence-corrected chi connectivity index (χ3v) is 4.30. The van der Waals surface area contributed by atoms with Crippen molar-refractivity contribution >= 4 is 28.9 Å². The summed E-state index contributed by atoms with van der Waals surface area (Å²) in [6.07, 6.45) is 1.08. The first-order valence-corrected chi connectivity index (χ1v) is 7.08. The minimum Gasteiger partial charge on any atom is -0.381 e. The molecule has 1 aliphatic carbocycles. The van der Waals surface area contributed by atoms with Crippen LogP contribution in [0.3, 0.4) is 0 Å². The fraction of sp³-hybridized carbons (Fsp3) is 0.500. The molecule has 1 saturated carbocycles. The number of carbonyl (C=O) groups is 1. The molecule has 0 bridgehead atoms. The molecule has 2 N–H and O–H groups in total. The van der Waals surface area contributed by atoms with E-state index in [9.17, 15) is 14.9 Å². The number of anilines is 1. The highest BCUT2D eigenvalue weighted by molar-refractivity contribution is 6.34. The first kappa shape index (κ1) is 15.6. The van der Waals surface area contributed by atoms with Crippen LogP contribution in [0, 0.1) is 21.4 Å². The van der Waals surface area contributed by atoms with E-state index in [0.717, 1.165) is 6.42 Å². The van der Waals surface area contributed by atoms with Crippen molar-refractivity contribution in [2.75, 3.05) is 18.9 Å². The van der Waals surface area contributed by atoms with Gasteiger partial charge in [0.15, 0.2) is 0 Å². The van der Waals surface area contributed by atoms with Crippen LogP contribution in [0.1, 0.15) is 30.6 Å². The van der Waals surface area contributed by atoms with E-state index in [4.69, 9.17) is 11.6 Å². The number of benzene rings is 1. The summed E-state index contributed by atoms with van der Waals surface area (Å²) >= 11 is 6.00. The van der Waals surface area contributed by atoms with E-state index in [1.807, 2.05) is 0 Å². The summed E-state index contributed by atoms with van der Waals surface area (Å²) in [5, 5.41) is 16.7. The molecule has 1 aliphatic rings. The zero-order chi connectivity index (χ0) is 15.8. The van der Waals surface area contributed by atoms with E-state index in [0.29, 0.717) is 12.5 Å². The van der Waals surface area contributed by atoms with Crippen molar-refractivity contribution in [1.29, 1.82) is 0 Å². The Balaban J connectivity index is 2.16. The number of hydrogen-bond donors (Lipinski definition) is 2. The number of carbonyl (C=O) groups excluding carboxylic acids is 1. The molecule has 1 amide bonds. The lowest BCUT2D eigenvalue weighted by Crippen LogP contribution is -2.26. The van der Waals surface area contributed by atoms with Crippen LogP contribution in [-0.4, -0.2) is 24.4 Å². The van der Waals surface area contributed by atoms with E-state index in [1.54, 1.807) is 7.05 Å². The smallest absolute Gasteiger partial charge is 0.294 e. The van der Waals surface area contributed by atoms with E-state index in [2.05, 4.69) is 24.5 Å². The van der Waals surface area contributed by atoms with Gasteiger partial charge in [-0.05, 0) is 23.8 Å². The van der Waals surface area contributed by atoms with Crippen LogP contribution < -0.4 is 10.6 Å². The normalized spacial score (nSPS) is 19.0. The summed E-state index contributed by atoms with van der Waals surface area (Å²) in [6, 6.07) is 2.68. The van der Waals surface area contributed by atoms with Crippen molar-refractivity contribution in [2.24, 2.45) is 11.3 Å². The predicted molar refractivity (Wildman–Crippen MR) is 81.9 cm³/mol. The molecule has 1 atom stereocenters. The van der Waals surface area contributed by atoms with Crippen LogP contribution in [0.5, 0.6) is 0 Å². The minimum atomic E-state index is -0.557. The van der Waals surface area contributed by atoms with Gasteiger partial charge in [-0.2, -0.15) is 0 Å². The van der Waals surface area contributed by atoms with E-state index in [-0.39, 0.29) is 33.3 Å². The molecule has 0 heterocycles. The molecule has 0 radical (unpaired) electrons. The van der Waals surface area contributed by atoms with Gasteiger partial charge in [-0.3, -0.25) is 14.9 Å². The number of amides is 1. The highest BCUT2D eigenvalue weighted by Crippen LogP contribution is 2.51. The Labute approximate surface area is 128 Å². The molecule has 7 heteroatoms. The van der Waals surface area contributed by atoms with E-state index >= 15 is 0 Å². The number of rotatable bonds is 5. The third kappa shape index (κ3) is 3.26. The number of hydrogen-bond acceptors (Lipinski definition) is 4. The average Bonchev–Trinajstić information content (AvgIpc) is 3.02. The monoisotopic (exact) mass is 311 g/mol. The molecule has 0 aromatic heterocycles. The van der Waals surface area contributed by atoms with Crippen molar-refractivity contribution in [3.05, 3.63) is 32.8 Å². The van der Waals surface area contributed by atoms with Gasteiger partial charge in [0.05, 0.1) is 9.95 Å². The van der Waals surface area contributed by atoms with Crippen LogP contribution in [0.25, 0.3) is 0 Å². The van der Waals surface area contributed by atoms with Crippen LogP contribution in [0.2, 0.25) is 5.02 Å². The lowest BCUT2D eigenvalue weighted by atomic mass is 10.1. The highest BCUT2D eigenvalue weighted by atomic mass is 35.5. The quantitative estimate of drug-likeness (QED) is 0.646. The van der Waals surface area contributed by atoms with Gasteiger partial charge in [0.1, 0.15) is 5.69 Å². The summed E-state index contributed by atoms with van der Waals surface area (Å²) in [5.74, 6) is 0.119. The second-order valence-electron chi connectivity index (χ2n) is 5.96. The maximum atomic E-state index is 12.1. The van der Waals surface area contributed by atoms with Crippen molar-refractivity contribution < 1.29 is 9.72 Å². The Hall–Kier alpha value is -1.82. The summed E-state index contributed by atoms with van der Waals surface area (Å²) in [6.45, 7) is 4.87. The van der Waals surface area contributed by atoms with Gasteiger partial charge in [0.25, 0.3) is 11.6 Å². The van der Waals surface area contributed by atoms with Crippen LogP contribution in [-0.2, 0) is 0 Å². The highest BCUT2D eigenvalue weighted by Gasteiger charge is 2.45. The topological polar surface area (TPSA) is 84.3 Å². The molecule has 21 heavy (non-hydrogen) atoms. The Bertz CT molecular complexity index is 601. The molecule has 2 rings (SSSR count). The number of nitrogens with one attached hydrogen (secondary N) is 2. The van der Waals surface area contributed by atoms with Crippen molar-refractivity contribution in [1.82, 2.24) is 5.32 Å². The number of nitro groups is 1. The second-order valence-corrected chi connectivity index (χ2v) is 6.37. The first-order chi connectivity index (χ1) is 9.76. The van der Waals surface area contributed by atoms with Crippen LogP contribution >= 0.6 is 11.6 Å². The fourth-order valence-electron chi connectivity index (χ4n) is 2.36. The zero-order valence-electron chi connectivity index (χ0n) is 12.2. The first-order valence-electron chi connectivity index (χ1n) is 6.70. The van der Waals surface area contributed by atoms with Gasteiger partial charge >= 0.3 is 0 Å². The largest absolute Gasteiger partial charge is 0.381 e. The Morgan fingerprint density at radius 1 is 1.52 bits per heavy atom. The molecular formula is C14H18ClN3O3. The molecule has 0 spiro atoms. The lowest BCUT2D eigenvalue weighted by Gasteiger charge is -2.09. The van der Waals surface area contributed by atoms with Crippen molar-refractivity contribution in [3.63, 3.8) is 0 Å². The Morgan fingerprint density at radius 3 is 2.62 bits per heavy atom. The summed E-state index contributed by atoms with van der Waals surface area (Å²) in [7, 11) is 1.54.